The molecule has 0 bridgehead atoms. The first-order valence-electron chi connectivity index (χ1n) is 8.45. The fourth-order valence-corrected chi connectivity index (χ4v) is 2.99. The molecule has 28 heavy (non-hydrogen) atoms. The minimum atomic E-state index is -2.04. The van der Waals surface area contributed by atoms with E-state index in [1.54, 1.807) is 0 Å². The number of methoxy groups -OCH3 is 1. The lowest BCUT2D eigenvalue weighted by molar-refractivity contribution is -0.159. The Bertz CT molecular complexity index is 943. The molecule has 1 N–H and O–H groups in total. The van der Waals surface area contributed by atoms with Gasteiger partial charge < -0.3 is 19.3 Å². The molecule has 2 heterocycles. The van der Waals surface area contributed by atoms with Crippen LogP contribution in [0.15, 0.2) is 36.4 Å². The van der Waals surface area contributed by atoms with Gasteiger partial charge in [-0.25, -0.2) is 19.2 Å². The number of hydrogen-bond donors (Lipinski definition) is 1. The van der Waals surface area contributed by atoms with Crippen LogP contribution in [0, 0.1) is 0 Å². The van der Waals surface area contributed by atoms with Crippen LogP contribution in [-0.2, 0) is 20.0 Å². The topological polar surface area (TPSA) is 116 Å². The first kappa shape index (κ1) is 19.4. The Morgan fingerprint density at radius 3 is 1.43 bits per heavy atom. The van der Waals surface area contributed by atoms with Gasteiger partial charge >= 0.3 is 23.9 Å². The number of carbonyl (C=O) groups excluding carboxylic acids is 4. The number of aliphatic hydroxyl groups is 1. The maximum absolute atomic E-state index is 11.7. The first-order valence-corrected chi connectivity index (χ1v) is 8.45. The van der Waals surface area contributed by atoms with Crippen LogP contribution in [0.1, 0.15) is 66.4 Å². The summed E-state index contributed by atoms with van der Waals surface area (Å²) in [6.07, 6.45) is 0. The van der Waals surface area contributed by atoms with Crippen LogP contribution in [0.2, 0.25) is 0 Å². The normalized spacial score (nSPS) is 14.7. The second-order valence-electron chi connectivity index (χ2n) is 5.72. The van der Waals surface area contributed by atoms with Gasteiger partial charge in [-0.05, 0) is 24.3 Å². The van der Waals surface area contributed by atoms with Gasteiger partial charge in [0.2, 0.25) is 5.79 Å². The zero-order valence-corrected chi connectivity index (χ0v) is 15.3. The Balaban J connectivity index is 0.00000109. The average molecular weight is 384 g/mol. The van der Waals surface area contributed by atoms with Gasteiger partial charge in [0.25, 0.3) is 0 Å². The molecule has 0 saturated carbocycles. The monoisotopic (exact) mass is 384 g/mol. The van der Waals surface area contributed by atoms with E-state index in [0.29, 0.717) is 0 Å². The zero-order chi connectivity index (χ0) is 20.6. The predicted molar refractivity (Wildman–Crippen MR) is 93.7 cm³/mol. The van der Waals surface area contributed by atoms with Crippen LogP contribution < -0.4 is 0 Å². The van der Waals surface area contributed by atoms with Crippen LogP contribution in [0.3, 0.4) is 0 Å². The number of benzene rings is 2. The first-order chi connectivity index (χ1) is 13.3. The van der Waals surface area contributed by atoms with Crippen molar-refractivity contribution in [3.8, 4) is 0 Å². The molecule has 2 aromatic rings. The van der Waals surface area contributed by atoms with E-state index in [1.807, 2.05) is 13.8 Å². The molecule has 4 rings (SSSR count). The van der Waals surface area contributed by atoms with Gasteiger partial charge in [0.15, 0.2) is 0 Å². The third kappa shape index (κ3) is 2.79. The van der Waals surface area contributed by atoms with Crippen molar-refractivity contribution in [2.45, 2.75) is 19.6 Å². The molecule has 2 aromatic carbocycles. The second kappa shape index (κ2) is 6.99. The molecule has 8 heteroatoms. The van der Waals surface area contributed by atoms with E-state index < -0.39 is 29.7 Å². The second-order valence-corrected chi connectivity index (χ2v) is 5.72. The number of fused-ring (bicyclic) bond motifs is 2. The highest BCUT2D eigenvalue weighted by Crippen LogP contribution is 2.35. The Kier molecular flexibility index (Phi) is 4.84. The van der Waals surface area contributed by atoms with Crippen molar-refractivity contribution in [2.24, 2.45) is 0 Å². The highest BCUT2D eigenvalue weighted by molar-refractivity contribution is 6.15. The zero-order valence-electron chi connectivity index (χ0n) is 15.3. The van der Waals surface area contributed by atoms with Gasteiger partial charge in [-0.2, -0.15) is 0 Å². The molecule has 0 atom stereocenters. The van der Waals surface area contributed by atoms with Crippen LogP contribution in [-0.4, -0.2) is 36.1 Å². The van der Waals surface area contributed by atoms with E-state index in [9.17, 15) is 24.3 Å². The fraction of sp³-hybridized carbons (Fsp3) is 0.200. The quantitative estimate of drug-likeness (QED) is 0.486. The predicted octanol–water partition coefficient (Wildman–Crippen LogP) is 2.17. The van der Waals surface area contributed by atoms with Crippen LogP contribution in [0.5, 0.6) is 0 Å². The molecule has 2 aliphatic heterocycles. The Hall–Kier alpha value is -3.36. The lowest BCUT2D eigenvalue weighted by Gasteiger charge is -2.28. The highest BCUT2D eigenvalue weighted by atomic mass is 16.6. The summed E-state index contributed by atoms with van der Waals surface area (Å²) in [7, 11) is 1.23. The van der Waals surface area contributed by atoms with Gasteiger partial charge in [-0.3, -0.25) is 0 Å². The summed E-state index contributed by atoms with van der Waals surface area (Å²) in [6, 6.07) is 8.05. The van der Waals surface area contributed by atoms with Crippen molar-refractivity contribution < 1.29 is 38.5 Å². The molecule has 0 aliphatic carbocycles. The van der Waals surface area contributed by atoms with Gasteiger partial charge in [0, 0.05) is 18.2 Å². The van der Waals surface area contributed by atoms with Crippen LogP contribution in [0.25, 0.3) is 0 Å². The number of rotatable bonds is 3. The molecule has 0 saturated heterocycles. The largest absolute Gasteiger partial charge is 0.386 e. The number of carbonyl (C=O) groups is 4. The molecule has 0 fully saturated rings. The van der Waals surface area contributed by atoms with Crippen molar-refractivity contribution in [1.29, 1.82) is 0 Å². The summed E-state index contributed by atoms with van der Waals surface area (Å²) in [4.78, 5) is 46.6. The lowest BCUT2D eigenvalue weighted by atomic mass is 9.92. The Morgan fingerprint density at radius 2 is 1.07 bits per heavy atom. The number of esters is 4. The fourth-order valence-electron chi connectivity index (χ4n) is 2.99. The molecule has 8 nitrogen and oxygen atoms in total. The van der Waals surface area contributed by atoms with Crippen molar-refractivity contribution in [1.82, 2.24) is 0 Å². The smallest absolute Gasteiger partial charge is 0.346 e. The van der Waals surface area contributed by atoms with E-state index in [4.69, 9.17) is 4.74 Å². The van der Waals surface area contributed by atoms with E-state index in [-0.39, 0.29) is 33.4 Å². The SMILES string of the molecule is CC.COC(O)(c1ccc2c(c1)C(=O)OC2=O)c1ccc2c(c1)C(=O)OC2=O. The summed E-state index contributed by atoms with van der Waals surface area (Å²) in [5.41, 5.74) is 0.448. The van der Waals surface area contributed by atoms with E-state index in [1.165, 1.54) is 43.5 Å². The Morgan fingerprint density at radius 1 is 0.714 bits per heavy atom. The van der Waals surface area contributed by atoms with Gasteiger partial charge in [0.1, 0.15) is 0 Å². The molecule has 144 valence electrons. The molecule has 0 unspecified atom stereocenters. The maximum atomic E-state index is 11.7. The standard InChI is InChI=1S/C18H10O8.C2H6/c1-24-18(23,8-2-4-10-12(6-8)16(21)25-14(10)19)9-3-5-11-13(7-9)17(22)26-15(11)20;1-2/h2-7,23H,1H3;1-2H3. The van der Waals surface area contributed by atoms with E-state index in [2.05, 4.69) is 9.47 Å². The average Bonchev–Trinajstić information content (AvgIpc) is 3.17. The van der Waals surface area contributed by atoms with Gasteiger partial charge in [-0.15, -0.1) is 0 Å². The third-order valence-corrected chi connectivity index (χ3v) is 4.37. The lowest BCUT2D eigenvalue weighted by Crippen LogP contribution is -2.30. The van der Waals surface area contributed by atoms with E-state index >= 15 is 0 Å². The molecular formula is C20H16O8. The summed E-state index contributed by atoms with van der Waals surface area (Å²) in [6.45, 7) is 4.00. The van der Waals surface area contributed by atoms with Crippen molar-refractivity contribution >= 4 is 23.9 Å². The van der Waals surface area contributed by atoms with E-state index in [0.717, 1.165) is 0 Å². The van der Waals surface area contributed by atoms with Gasteiger partial charge in [0.05, 0.1) is 22.3 Å². The number of hydrogen-bond acceptors (Lipinski definition) is 8. The van der Waals surface area contributed by atoms with Crippen LogP contribution in [0.4, 0.5) is 0 Å². The highest BCUT2D eigenvalue weighted by Gasteiger charge is 2.38. The number of cyclic esters (lactones) is 4. The van der Waals surface area contributed by atoms with Crippen molar-refractivity contribution in [2.75, 3.05) is 7.11 Å². The molecule has 0 radical (unpaired) electrons. The minimum absolute atomic E-state index is 0.00118. The summed E-state index contributed by atoms with van der Waals surface area (Å²) in [5, 5.41) is 11.0. The third-order valence-electron chi connectivity index (χ3n) is 4.37. The molecule has 0 amide bonds. The Labute approximate surface area is 159 Å². The summed E-state index contributed by atoms with van der Waals surface area (Å²) in [5.74, 6) is -5.23. The summed E-state index contributed by atoms with van der Waals surface area (Å²) >= 11 is 0. The maximum Gasteiger partial charge on any atom is 0.346 e. The van der Waals surface area contributed by atoms with Crippen molar-refractivity contribution in [3.63, 3.8) is 0 Å². The molecule has 2 aliphatic rings. The molecule has 0 spiro atoms. The molecule has 0 aromatic heterocycles. The van der Waals surface area contributed by atoms with Gasteiger partial charge in [-0.1, -0.05) is 26.0 Å². The minimum Gasteiger partial charge on any atom is -0.386 e. The molecular weight excluding hydrogens is 368 g/mol. The number of ether oxygens (including phenoxy) is 3. The van der Waals surface area contributed by atoms with Crippen molar-refractivity contribution in [3.05, 3.63) is 69.8 Å². The van der Waals surface area contributed by atoms with Crippen LogP contribution >= 0.6 is 0 Å². The summed E-state index contributed by atoms with van der Waals surface area (Å²) < 4.78 is 14.3.